The van der Waals surface area contributed by atoms with Gasteiger partial charge in [0, 0.05) is 19.0 Å². The maximum atomic E-state index is 11.8. The van der Waals surface area contributed by atoms with Crippen LogP contribution in [0.3, 0.4) is 0 Å². The molecule has 0 unspecified atom stereocenters. The van der Waals surface area contributed by atoms with Crippen LogP contribution in [0.1, 0.15) is 30.9 Å². The molecule has 1 aromatic carbocycles. The highest BCUT2D eigenvalue weighted by Gasteiger charge is 2.19. The molecule has 0 saturated carbocycles. The minimum atomic E-state index is -1.15. The van der Waals surface area contributed by atoms with Crippen LogP contribution in [-0.4, -0.2) is 28.9 Å². The number of hydrogen-bond donors (Lipinski definition) is 3. The van der Waals surface area contributed by atoms with Crippen LogP contribution >= 0.6 is 0 Å². The van der Waals surface area contributed by atoms with E-state index in [9.17, 15) is 14.4 Å². The van der Waals surface area contributed by atoms with Crippen molar-refractivity contribution >= 4 is 23.5 Å². The number of benzene rings is 1. The van der Waals surface area contributed by atoms with Crippen molar-refractivity contribution < 1.29 is 19.5 Å². The lowest BCUT2D eigenvalue weighted by atomic mass is 10.1. The van der Waals surface area contributed by atoms with Crippen LogP contribution in [-0.2, 0) is 14.4 Å². The molecule has 6 heteroatoms. The van der Waals surface area contributed by atoms with Crippen molar-refractivity contribution in [3.05, 3.63) is 29.3 Å². The molecule has 0 fully saturated rings. The van der Waals surface area contributed by atoms with Crippen LogP contribution in [0.25, 0.3) is 0 Å². The Kier molecular flexibility index (Phi) is 5.90. The number of aliphatic carboxylic acids is 1. The maximum absolute atomic E-state index is 11.8. The second-order valence-electron chi connectivity index (χ2n) is 5.05. The number of rotatable bonds is 6. The monoisotopic (exact) mass is 292 g/mol. The molecule has 3 N–H and O–H groups in total. The second kappa shape index (κ2) is 7.42. The van der Waals surface area contributed by atoms with Gasteiger partial charge < -0.3 is 15.7 Å². The fourth-order valence-electron chi connectivity index (χ4n) is 2.05. The van der Waals surface area contributed by atoms with E-state index in [1.807, 2.05) is 32.0 Å². The molecular formula is C15H20N2O4. The normalized spacial score (nSPS) is 11.6. The van der Waals surface area contributed by atoms with Gasteiger partial charge in [0.1, 0.15) is 6.04 Å². The molecule has 0 aliphatic rings. The predicted octanol–water partition coefficient (Wildman–Crippen LogP) is 1.61. The third-order valence-electron chi connectivity index (χ3n) is 2.84. The van der Waals surface area contributed by atoms with Gasteiger partial charge in [-0.25, -0.2) is 4.79 Å². The Morgan fingerprint density at radius 1 is 1.14 bits per heavy atom. The van der Waals surface area contributed by atoms with Gasteiger partial charge in [0.05, 0.1) is 0 Å². The molecule has 0 radical (unpaired) electrons. The summed E-state index contributed by atoms with van der Waals surface area (Å²) in [7, 11) is 0. The van der Waals surface area contributed by atoms with Gasteiger partial charge >= 0.3 is 5.97 Å². The van der Waals surface area contributed by atoms with Crippen molar-refractivity contribution in [2.45, 2.75) is 39.7 Å². The molecule has 0 heterocycles. The van der Waals surface area contributed by atoms with E-state index in [2.05, 4.69) is 10.6 Å². The van der Waals surface area contributed by atoms with Gasteiger partial charge in [0.25, 0.3) is 0 Å². The number of carbonyl (C=O) groups is 3. The van der Waals surface area contributed by atoms with Crippen LogP contribution < -0.4 is 10.6 Å². The van der Waals surface area contributed by atoms with E-state index in [0.29, 0.717) is 5.69 Å². The lowest BCUT2D eigenvalue weighted by Gasteiger charge is -2.13. The molecule has 1 rings (SSSR count). The topological polar surface area (TPSA) is 95.5 Å². The second-order valence-corrected chi connectivity index (χ2v) is 5.05. The number of aryl methyl sites for hydroxylation is 2. The van der Waals surface area contributed by atoms with Gasteiger partial charge in [-0.2, -0.15) is 0 Å². The SMILES string of the molecule is CC(=O)N[C@@H](CCC(=O)Nc1cc(C)cc(C)c1)C(=O)O. The first-order valence-electron chi connectivity index (χ1n) is 6.66. The number of hydrogen-bond acceptors (Lipinski definition) is 3. The zero-order valence-corrected chi connectivity index (χ0v) is 12.4. The first kappa shape index (κ1) is 16.7. The average molecular weight is 292 g/mol. The maximum Gasteiger partial charge on any atom is 0.326 e. The van der Waals surface area contributed by atoms with Gasteiger partial charge in [0.2, 0.25) is 11.8 Å². The van der Waals surface area contributed by atoms with Gasteiger partial charge in [0.15, 0.2) is 0 Å². The first-order chi connectivity index (χ1) is 9.77. The fourth-order valence-corrected chi connectivity index (χ4v) is 2.05. The number of nitrogens with one attached hydrogen (secondary N) is 2. The fraction of sp³-hybridized carbons (Fsp3) is 0.400. The van der Waals surface area contributed by atoms with E-state index in [-0.39, 0.29) is 18.7 Å². The number of amides is 2. The molecule has 1 atom stereocenters. The minimum Gasteiger partial charge on any atom is -0.480 e. The van der Waals surface area contributed by atoms with E-state index in [4.69, 9.17) is 5.11 Å². The largest absolute Gasteiger partial charge is 0.480 e. The van der Waals surface area contributed by atoms with Crippen LogP contribution in [0.2, 0.25) is 0 Å². The summed E-state index contributed by atoms with van der Waals surface area (Å²) in [6, 6.07) is 4.63. The highest BCUT2D eigenvalue weighted by molar-refractivity contribution is 5.91. The van der Waals surface area contributed by atoms with Crippen molar-refractivity contribution in [3.63, 3.8) is 0 Å². The zero-order valence-electron chi connectivity index (χ0n) is 12.4. The lowest BCUT2D eigenvalue weighted by Crippen LogP contribution is -2.40. The molecule has 6 nitrogen and oxygen atoms in total. The van der Waals surface area contributed by atoms with E-state index < -0.39 is 17.9 Å². The number of carbonyl (C=O) groups excluding carboxylic acids is 2. The molecule has 0 aliphatic heterocycles. The Labute approximate surface area is 123 Å². The van der Waals surface area contributed by atoms with Crippen LogP contribution in [0.4, 0.5) is 5.69 Å². The third kappa shape index (κ3) is 6.07. The molecule has 0 spiro atoms. The molecular weight excluding hydrogens is 272 g/mol. The molecule has 21 heavy (non-hydrogen) atoms. The molecule has 1 aromatic rings. The van der Waals surface area contributed by atoms with Crippen molar-refractivity contribution in [3.8, 4) is 0 Å². The van der Waals surface area contributed by atoms with Gasteiger partial charge in [-0.15, -0.1) is 0 Å². The Bertz CT molecular complexity index is 534. The van der Waals surface area contributed by atoms with Crippen molar-refractivity contribution in [1.29, 1.82) is 0 Å². The Hall–Kier alpha value is -2.37. The third-order valence-corrected chi connectivity index (χ3v) is 2.84. The summed E-state index contributed by atoms with van der Waals surface area (Å²) in [4.78, 5) is 33.7. The molecule has 0 aromatic heterocycles. The highest BCUT2D eigenvalue weighted by Crippen LogP contribution is 2.14. The average Bonchev–Trinajstić information content (AvgIpc) is 2.32. The van der Waals surface area contributed by atoms with Gasteiger partial charge in [-0.3, -0.25) is 9.59 Å². The molecule has 114 valence electrons. The van der Waals surface area contributed by atoms with Gasteiger partial charge in [-0.1, -0.05) is 6.07 Å². The minimum absolute atomic E-state index is 0.0181. The number of carboxylic acids is 1. The predicted molar refractivity (Wildman–Crippen MR) is 79.0 cm³/mol. The van der Waals surface area contributed by atoms with E-state index in [1.165, 1.54) is 6.92 Å². The Morgan fingerprint density at radius 3 is 2.19 bits per heavy atom. The standard InChI is InChI=1S/C15H20N2O4/c1-9-6-10(2)8-12(7-9)17-14(19)5-4-13(15(20)21)16-11(3)18/h6-8,13H,4-5H2,1-3H3,(H,16,18)(H,17,19)(H,20,21)/t13-/m0/s1. The summed E-state index contributed by atoms with van der Waals surface area (Å²) in [5, 5.41) is 14.0. The van der Waals surface area contributed by atoms with Crippen molar-refractivity contribution in [2.75, 3.05) is 5.32 Å². The lowest BCUT2D eigenvalue weighted by molar-refractivity contribution is -0.141. The Morgan fingerprint density at radius 2 is 1.71 bits per heavy atom. The Balaban J connectivity index is 2.56. The number of anilines is 1. The van der Waals surface area contributed by atoms with Gasteiger partial charge in [-0.05, 0) is 43.5 Å². The summed E-state index contributed by atoms with van der Waals surface area (Å²) in [6.45, 7) is 5.10. The highest BCUT2D eigenvalue weighted by atomic mass is 16.4. The summed E-state index contributed by atoms with van der Waals surface area (Å²) >= 11 is 0. The molecule has 2 amide bonds. The van der Waals surface area contributed by atoms with E-state index >= 15 is 0 Å². The summed E-state index contributed by atoms with van der Waals surface area (Å²) in [5.41, 5.74) is 2.75. The summed E-state index contributed by atoms with van der Waals surface area (Å²) in [5.74, 6) is -1.86. The van der Waals surface area contributed by atoms with E-state index in [0.717, 1.165) is 11.1 Å². The summed E-state index contributed by atoms with van der Waals surface area (Å²) < 4.78 is 0. The number of carboxylic acid groups (broad SMARTS) is 1. The van der Waals surface area contributed by atoms with Crippen molar-refractivity contribution in [2.24, 2.45) is 0 Å². The molecule has 0 aliphatic carbocycles. The summed E-state index contributed by atoms with van der Waals surface area (Å²) in [6.07, 6.45) is 0.0653. The van der Waals surface area contributed by atoms with Crippen LogP contribution in [0.5, 0.6) is 0 Å². The quantitative estimate of drug-likeness (QED) is 0.742. The van der Waals surface area contributed by atoms with Crippen molar-refractivity contribution in [1.82, 2.24) is 5.32 Å². The zero-order chi connectivity index (χ0) is 16.0. The van der Waals surface area contributed by atoms with Crippen LogP contribution in [0, 0.1) is 13.8 Å². The molecule has 0 saturated heterocycles. The first-order valence-corrected chi connectivity index (χ1v) is 6.66. The smallest absolute Gasteiger partial charge is 0.326 e. The van der Waals surface area contributed by atoms with E-state index in [1.54, 1.807) is 0 Å². The molecule has 0 bridgehead atoms. The van der Waals surface area contributed by atoms with Crippen LogP contribution in [0.15, 0.2) is 18.2 Å².